The molecule has 1 unspecified atom stereocenters. The maximum atomic E-state index is 12.5. The van der Waals surface area contributed by atoms with Gasteiger partial charge in [-0.2, -0.15) is 0 Å². The monoisotopic (exact) mass is 282 g/mol. The molecular weight excluding hydrogens is 260 g/mol. The number of rotatable bonds is 2. The van der Waals surface area contributed by atoms with Crippen molar-refractivity contribution in [3.63, 3.8) is 0 Å². The van der Waals surface area contributed by atoms with E-state index in [1.165, 1.54) is 0 Å². The second kappa shape index (κ2) is 5.33. The first-order valence-electron chi connectivity index (χ1n) is 7.47. The number of nitrogens with one attached hydrogen (secondary N) is 1. The molecule has 112 valence electrons. The summed E-state index contributed by atoms with van der Waals surface area (Å²) in [5.41, 5.74) is -0.0113. The predicted octanol–water partition coefficient (Wildman–Crippen LogP) is 0.221. The number of carboxylic acid groups (broad SMARTS) is 1. The van der Waals surface area contributed by atoms with Gasteiger partial charge in [0.1, 0.15) is 12.1 Å². The largest absolute Gasteiger partial charge is 0.480 e. The molecule has 0 bridgehead atoms. The molecule has 3 aliphatic heterocycles. The standard InChI is InChI=1S/C14H22N2O4/c17-12(11-2-1-7-20-11)16-9-14(3-5-15-6-4-14)8-10(16)13(18)19/h10-11,15H,1-9H2,(H,18,19)/t10?,11-/m1/s1. The predicted molar refractivity (Wildman–Crippen MR) is 71.3 cm³/mol. The Bertz CT molecular complexity index is 400. The molecular formula is C14H22N2O4. The number of likely N-dealkylation sites (tertiary alicyclic amines) is 1. The van der Waals surface area contributed by atoms with E-state index in [1.54, 1.807) is 4.90 Å². The second-order valence-corrected chi connectivity index (χ2v) is 6.28. The van der Waals surface area contributed by atoms with Crippen molar-refractivity contribution in [2.75, 3.05) is 26.2 Å². The van der Waals surface area contributed by atoms with Crippen molar-refractivity contribution in [1.29, 1.82) is 0 Å². The summed E-state index contributed by atoms with van der Waals surface area (Å²) in [4.78, 5) is 25.6. The highest BCUT2D eigenvalue weighted by atomic mass is 16.5. The van der Waals surface area contributed by atoms with Crippen LogP contribution in [0, 0.1) is 5.41 Å². The van der Waals surface area contributed by atoms with Crippen LogP contribution in [0.15, 0.2) is 0 Å². The molecule has 3 fully saturated rings. The Kier molecular flexibility index (Phi) is 3.69. The molecule has 0 aromatic heterocycles. The molecule has 2 N–H and O–H groups in total. The number of ether oxygens (including phenoxy) is 1. The molecule has 3 saturated heterocycles. The number of hydrogen-bond acceptors (Lipinski definition) is 4. The van der Waals surface area contributed by atoms with E-state index in [4.69, 9.17) is 4.74 Å². The van der Waals surface area contributed by atoms with E-state index < -0.39 is 18.1 Å². The zero-order chi connectivity index (χ0) is 14.2. The van der Waals surface area contributed by atoms with Crippen LogP contribution in [-0.2, 0) is 14.3 Å². The summed E-state index contributed by atoms with van der Waals surface area (Å²) in [6.45, 7) is 3.00. The zero-order valence-corrected chi connectivity index (χ0v) is 11.6. The molecule has 0 radical (unpaired) electrons. The number of carboxylic acids is 1. The Hall–Kier alpha value is -1.14. The topological polar surface area (TPSA) is 78.9 Å². The maximum absolute atomic E-state index is 12.5. The van der Waals surface area contributed by atoms with E-state index in [0.29, 0.717) is 19.6 Å². The summed E-state index contributed by atoms with van der Waals surface area (Å²) in [6, 6.07) is -0.676. The molecule has 1 amide bonds. The fourth-order valence-corrected chi connectivity index (χ4v) is 3.79. The number of carbonyl (C=O) groups excluding carboxylic acids is 1. The molecule has 2 atom stereocenters. The van der Waals surface area contributed by atoms with Gasteiger partial charge in [0, 0.05) is 13.2 Å². The minimum Gasteiger partial charge on any atom is -0.480 e. The van der Waals surface area contributed by atoms with Gasteiger partial charge in [0.2, 0.25) is 0 Å². The van der Waals surface area contributed by atoms with Gasteiger partial charge in [-0.25, -0.2) is 4.79 Å². The van der Waals surface area contributed by atoms with E-state index in [9.17, 15) is 14.7 Å². The quantitative estimate of drug-likeness (QED) is 0.757. The van der Waals surface area contributed by atoms with E-state index in [2.05, 4.69) is 5.32 Å². The van der Waals surface area contributed by atoms with Crippen molar-refractivity contribution < 1.29 is 19.4 Å². The maximum Gasteiger partial charge on any atom is 0.326 e. The van der Waals surface area contributed by atoms with Crippen molar-refractivity contribution in [2.45, 2.75) is 44.2 Å². The van der Waals surface area contributed by atoms with Crippen LogP contribution in [0.5, 0.6) is 0 Å². The first kappa shape index (κ1) is 13.8. The number of carbonyl (C=O) groups is 2. The highest BCUT2D eigenvalue weighted by Crippen LogP contribution is 2.42. The number of amides is 1. The van der Waals surface area contributed by atoms with Crippen LogP contribution in [0.3, 0.4) is 0 Å². The second-order valence-electron chi connectivity index (χ2n) is 6.28. The summed E-state index contributed by atoms with van der Waals surface area (Å²) in [5.74, 6) is -1.00. The van der Waals surface area contributed by atoms with Crippen molar-refractivity contribution in [3.8, 4) is 0 Å². The molecule has 0 saturated carbocycles. The third-order valence-electron chi connectivity index (χ3n) is 4.95. The number of hydrogen-bond donors (Lipinski definition) is 2. The van der Waals surface area contributed by atoms with Gasteiger partial charge in [0.05, 0.1) is 0 Å². The Morgan fingerprint density at radius 1 is 1.30 bits per heavy atom. The molecule has 1 spiro atoms. The molecule has 0 aliphatic carbocycles. The average molecular weight is 282 g/mol. The van der Waals surface area contributed by atoms with Gasteiger partial charge >= 0.3 is 5.97 Å². The van der Waals surface area contributed by atoms with Gasteiger partial charge in [-0.3, -0.25) is 4.79 Å². The molecule has 6 nitrogen and oxygen atoms in total. The summed E-state index contributed by atoms with van der Waals surface area (Å²) in [6.07, 6.45) is 3.67. The first-order chi connectivity index (χ1) is 9.61. The molecule has 20 heavy (non-hydrogen) atoms. The lowest BCUT2D eigenvalue weighted by Crippen LogP contribution is -2.46. The van der Waals surface area contributed by atoms with Crippen LogP contribution < -0.4 is 5.32 Å². The molecule has 6 heteroatoms. The lowest BCUT2D eigenvalue weighted by Gasteiger charge is -2.33. The Balaban J connectivity index is 1.77. The van der Waals surface area contributed by atoms with E-state index in [-0.39, 0.29) is 11.3 Å². The molecule has 0 aromatic rings. The summed E-state index contributed by atoms with van der Waals surface area (Å²) < 4.78 is 5.43. The van der Waals surface area contributed by atoms with Gasteiger partial charge in [-0.15, -0.1) is 0 Å². The number of nitrogens with zero attached hydrogens (tertiary/aromatic N) is 1. The highest BCUT2D eigenvalue weighted by Gasteiger charge is 2.50. The number of piperidine rings is 1. The summed E-state index contributed by atoms with van der Waals surface area (Å²) in [5, 5.41) is 12.7. The van der Waals surface area contributed by atoms with E-state index >= 15 is 0 Å². The Morgan fingerprint density at radius 3 is 2.65 bits per heavy atom. The minimum atomic E-state index is -0.883. The normalized spacial score (nSPS) is 32.7. The molecule has 3 heterocycles. The fraction of sp³-hybridized carbons (Fsp3) is 0.857. The highest BCUT2D eigenvalue weighted by molar-refractivity contribution is 5.87. The summed E-state index contributed by atoms with van der Waals surface area (Å²) in [7, 11) is 0. The smallest absolute Gasteiger partial charge is 0.326 e. The number of aliphatic carboxylic acids is 1. The lowest BCUT2D eigenvalue weighted by molar-refractivity contribution is -0.152. The van der Waals surface area contributed by atoms with Crippen LogP contribution in [0.1, 0.15) is 32.1 Å². The van der Waals surface area contributed by atoms with E-state index in [1.807, 2.05) is 0 Å². The van der Waals surface area contributed by atoms with Crippen molar-refractivity contribution in [3.05, 3.63) is 0 Å². The Morgan fingerprint density at radius 2 is 2.05 bits per heavy atom. The van der Waals surface area contributed by atoms with Gasteiger partial charge in [-0.1, -0.05) is 0 Å². The fourth-order valence-electron chi connectivity index (χ4n) is 3.79. The zero-order valence-electron chi connectivity index (χ0n) is 11.6. The molecule has 3 rings (SSSR count). The van der Waals surface area contributed by atoms with Crippen LogP contribution in [-0.4, -0.2) is 60.3 Å². The van der Waals surface area contributed by atoms with Gasteiger partial charge in [-0.05, 0) is 50.6 Å². The molecule has 3 aliphatic rings. The van der Waals surface area contributed by atoms with Crippen LogP contribution >= 0.6 is 0 Å². The van der Waals surface area contributed by atoms with Gasteiger partial charge in [0.15, 0.2) is 0 Å². The third kappa shape index (κ3) is 2.42. The van der Waals surface area contributed by atoms with Crippen LogP contribution in [0.2, 0.25) is 0 Å². The SMILES string of the molecule is O=C(O)C1CC2(CCNCC2)CN1C(=O)[C@H]1CCCO1. The van der Waals surface area contributed by atoms with E-state index in [0.717, 1.165) is 38.8 Å². The molecule has 0 aromatic carbocycles. The van der Waals surface area contributed by atoms with Crippen molar-refractivity contribution >= 4 is 11.9 Å². The van der Waals surface area contributed by atoms with Gasteiger partial charge < -0.3 is 20.1 Å². The Labute approximate surface area is 118 Å². The van der Waals surface area contributed by atoms with Gasteiger partial charge in [0.25, 0.3) is 5.91 Å². The lowest BCUT2D eigenvalue weighted by atomic mass is 9.77. The summed E-state index contributed by atoms with van der Waals surface area (Å²) >= 11 is 0. The minimum absolute atomic E-state index is 0.0113. The van der Waals surface area contributed by atoms with Crippen molar-refractivity contribution in [2.24, 2.45) is 5.41 Å². The third-order valence-corrected chi connectivity index (χ3v) is 4.95. The first-order valence-corrected chi connectivity index (χ1v) is 7.47. The van der Waals surface area contributed by atoms with Crippen LogP contribution in [0.4, 0.5) is 0 Å². The van der Waals surface area contributed by atoms with Crippen LogP contribution in [0.25, 0.3) is 0 Å². The van der Waals surface area contributed by atoms with Crippen molar-refractivity contribution in [1.82, 2.24) is 10.2 Å². The average Bonchev–Trinajstić information content (AvgIpc) is 3.07.